The van der Waals surface area contributed by atoms with Crippen LogP contribution in [-0.4, -0.2) is 114 Å². The van der Waals surface area contributed by atoms with Crippen LogP contribution in [0.4, 0.5) is 13.6 Å². The summed E-state index contributed by atoms with van der Waals surface area (Å²) < 4.78 is 58.3. The number of hydrogen-bond donors (Lipinski definition) is 1. The fourth-order valence-electron chi connectivity index (χ4n) is 10.0. The van der Waals surface area contributed by atoms with Gasteiger partial charge in [0.15, 0.2) is 12.0 Å². The van der Waals surface area contributed by atoms with Crippen LogP contribution in [0.15, 0.2) is 18.5 Å². The summed E-state index contributed by atoms with van der Waals surface area (Å²) in [4.78, 5) is 30.7. The number of aliphatic hydroxyl groups is 1. The van der Waals surface area contributed by atoms with Crippen molar-refractivity contribution in [2.45, 2.75) is 160 Å². The minimum atomic E-state index is -0.932. The molecule has 13 nitrogen and oxygen atoms in total. The number of piperidine rings is 1. The molecule has 0 aliphatic carbocycles. The Hall–Kier alpha value is -3.92. The normalized spacial score (nSPS) is 24.0. The number of hydrogen-bond acceptors (Lipinski definition) is 11. The van der Waals surface area contributed by atoms with E-state index in [1.54, 1.807) is 11.1 Å². The van der Waals surface area contributed by atoms with E-state index >= 15 is 4.39 Å². The average Bonchev–Trinajstić information content (AvgIpc) is 3.91. The quantitative estimate of drug-likeness (QED) is 0.137. The molecule has 5 atom stereocenters. The van der Waals surface area contributed by atoms with Crippen molar-refractivity contribution in [2.75, 3.05) is 39.4 Å². The number of carbonyl (C=O) groups excluding carboxylic acids is 1. The Morgan fingerprint density at radius 1 is 1.03 bits per heavy atom. The van der Waals surface area contributed by atoms with Crippen LogP contribution in [0.2, 0.25) is 5.02 Å². The number of amides is 1. The second kappa shape index (κ2) is 18.5. The van der Waals surface area contributed by atoms with Crippen molar-refractivity contribution < 1.29 is 37.6 Å². The third-order valence-corrected chi connectivity index (χ3v) is 13.3. The Bertz CT molecular complexity index is 2280. The van der Waals surface area contributed by atoms with Gasteiger partial charge in [-0.15, -0.1) is 0 Å². The van der Waals surface area contributed by atoms with Gasteiger partial charge in [-0.05, 0) is 143 Å². The molecule has 63 heavy (non-hydrogen) atoms. The third-order valence-electron chi connectivity index (χ3n) is 12.9. The molecule has 7 heterocycles. The van der Waals surface area contributed by atoms with Crippen molar-refractivity contribution >= 4 is 39.5 Å². The van der Waals surface area contributed by atoms with Crippen LogP contribution in [0, 0.1) is 11.7 Å². The zero-order valence-electron chi connectivity index (χ0n) is 37.7. The molecule has 4 aromatic rings. The van der Waals surface area contributed by atoms with E-state index in [-0.39, 0.29) is 53.3 Å². The molecule has 344 valence electrons. The van der Waals surface area contributed by atoms with Crippen LogP contribution >= 0.6 is 11.6 Å². The predicted octanol–water partition coefficient (Wildman–Crippen LogP) is 9.78. The summed E-state index contributed by atoms with van der Waals surface area (Å²) in [5.41, 5.74) is 0.205. The van der Waals surface area contributed by atoms with E-state index in [2.05, 4.69) is 14.9 Å². The standard InChI is InChI=1S/C47H64ClF2N7O6/c1-45(2,3)62-42-34-24-51-41(39(50)40(34)53-43(54-42)61-28-47-18-11-20-56(47)27-30(49)23-47)38-32(35(48)22-36-33(38)25-52-57(36)37-15-7-8-21-60-37)14-9-13-31(58)17-16-29-12-10-19-55(26-29)44(59)63-46(4,5)6/h22,24-25,29-31,37,58H,7-21,23,26-28H2,1-6H3/t29?,30-,31?,37?,47+/m1/s1. The number of rotatable bonds is 13. The summed E-state index contributed by atoms with van der Waals surface area (Å²) in [6, 6.07) is 1.81. The van der Waals surface area contributed by atoms with Gasteiger partial charge in [0.05, 0.1) is 28.7 Å². The monoisotopic (exact) mass is 895 g/mol. The highest BCUT2D eigenvalue weighted by Crippen LogP contribution is 2.43. The summed E-state index contributed by atoms with van der Waals surface area (Å²) in [5.74, 6) is -0.278. The number of nitrogens with zero attached hydrogens (tertiary/aromatic N) is 7. The van der Waals surface area contributed by atoms with Gasteiger partial charge in [-0.3, -0.25) is 9.88 Å². The molecule has 1 amide bonds. The highest BCUT2D eigenvalue weighted by atomic mass is 35.5. The Morgan fingerprint density at radius 2 is 1.86 bits per heavy atom. The first-order valence-corrected chi connectivity index (χ1v) is 23.4. The Labute approximate surface area is 374 Å². The molecule has 4 aliphatic rings. The lowest BCUT2D eigenvalue weighted by Crippen LogP contribution is -2.43. The van der Waals surface area contributed by atoms with Crippen LogP contribution in [-0.2, 0) is 15.9 Å². The van der Waals surface area contributed by atoms with Crippen LogP contribution in [0.1, 0.15) is 130 Å². The second-order valence-electron chi connectivity index (χ2n) is 20.2. The number of carbonyl (C=O) groups is 1. The molecule has 0 radical (unpaired) electrons. The minimum Gasteiger partial charge on any atom is -0.471 e. The molecule has 4 saturated heterocycles. The van der Waals surface area contributed by atoms with Gasteiger partial charge in [0, 0.05) is 54.8 Å². The molecule has 1 N–H and O–H groups in total. The number of aromatic nitrogens is 5. The number of alkyl halides is 1. The fourth-order valence-corrected chi connectivity index (χ4v) is 10.3. The molecule has 4 aliphatic heterocycles. The molecule has 0 spiro atoms. The molecule has 1 aromatic carbocycles. The highest BCUT2D eigenvalue weighted by molar-refractivity contribution is 6.33. The first-order valence-electron chi connectivity index (χ1n) is 23.0. The van der Waals surface area contributed by atoms with Crippen molar-refractivity contribution in [1.29, 1.82) is 0 Å². The van der Waals surface area contributed by atoms with Crippen LogP contribution < -0.4 is 9.47 Å². The zero-order chi connectivity index (χ0) is 44.7. The molecule has 3 unspecified atom stereocenters. The van der Waals surface area contributed by atoms with E-state index in [1.165, 1.54) is 6.20 Å². The Morgan fingerprint density at radius 3 is 2.62 bits per heavy atom. The Balaban J connectivity index is 1.08. The van der Waals surface area contributed by atoms with Crippen molar-refractivity contribution in [3.63, 3.8) is 0 Å². The van der Waals surface area contributed by atoms with Crippen molar-refractivity contribution in [3.8, 4) is 23.1 Å². The topological polar surface area (TPSA) is 137 Å². The summed E-state index contributed by atoms with van der Waals surface area (Å²) in [5, 5.41) is 17.4. The van der Waals surface area contributed by atoms with E-state index in [4.69, 9.17) is 40.6 Å². The van der Waals surface area contributed by atoms with Gasteiger partial charge >= 0.3 is 12.1 Å². The lowest BCUT2D eigenvalue weighted by molar-refractivity contribution is -0.0366. The number of benzene rings is 1. The molecule has 0 bridgehead atoms. The number of halogens is 3. The molecule has 16 heteroatoms. The SMILES string of the molecule is CC(C)(C)OC(=O)N1CCCC(CCC(O)CCCc2c(Cl)cc3c(cnn3C3CCCCO3)c2-c2ncc3c(OC(C)(C)C)nc(OC[C@@]45CCCN4C[C@H](F)C5)nc3c2F)C1. The second-order valence-corrected chi connectivity index (χ2v) is 20.6. The van der Waals surface area contributed by atoms with Crippen molar-refractivity contribution in [3.05, 3.63) is 34.9 Å². The van der Waals surface area contributed by atoms with E-state index in [9.17, 15) is 14.3 Å². The van der Waals surface area contributed by atoms with E-state index < -0.39 is 34.8 Å². The van der Waals surface area contributed by atoms with Gasteiger partial charge in [0.2, 0.25) is 5.88 Å². The number of pyridine rings is 1. The minimum absolute atomic E-state index is 0.0229. The van der Waals surface area contributed by atoms with E-state index in [0.29, 0.717) is 85.4 Å². The first kappa shape index (κ1) is 45.6. The lowest BCUT2D eigenvalue weighted by Gasteiger charge is -2.34. The highest BCUT2D eigenvalue weighted by Gasteiger charge is 2.49. The summed E-state index contributed by atoms with van der Waals surface area (Å²) in [6.07, 6.45) is 10.8. The maximum absolute atomic E-state index is 17.6. The van der Waals surface area contributed by atoms with Gasteiger partial charge in [0.25, 0.3) is 0 Å². The van der Waals surface area contributed by atoms with Crippen molar-refractivity contribution in [2.24, 2.45) is 5.92 Å². The zero-order valence-corrected chi connectivity index (χ0v) is 38.5. The smallest absolute Gasteiger partial charge is 0.410 e. The van der Waals surface area contributed by atoms with Gasteiger partial charge < -0.3 is 29.0 Å². The Kier molecular flexibility index (Phi) is 13.4. The van der Waals surface area contributed by atoms with Crippen molar-refractivity contribution in [1.82, 2.24) is 34.5 Å². The predicted molar refractivity (Wildman–Crippen MR) is 238 cm³/mol. The summed E-state index contributed by atoms with van der Waals surface area (Å²) in [6.45, 7) is 14.5. The van der Waals surface area contributed by atoms with Crippen LogP contribution in [0.25, 0.3) is 33.1 Å². The van der Waals surface area contributed by atoms with E-state index in [0.717, 1.165) is 57.9 Å². The lowest BCUT2D eigenvalue weighted by atomic mass is 9.90. The molecule has 3 aromatic heterocycles. The maximum atomic E-state index is 17.6. The van der Waals surface area contributed by atoms with Crippen LogP contribution in [0.5, 0.6) is 11.9 Å². The number of ether oxygens (including phenoxy) is 4. The third kappa shape index (κ3) is 10.3. The van der Waals surface area contributed by atoms with E-state index in [1.807, 2.05) is 52.3 Å². The molecule has 8 rings (SSSR count). The fraction of sp³-hybridized carbons (Fsp3) is 0.681. The molecular weight excluding hydrogens is 832 g/mol. The van der Waals surface area contributed by atoms with Crippen LogP contribution in [0.3, 0.4) is 0 Å². The molecule has 4 fully saturated rings. The van der Waals surface area contributed by atoms with Gasteiger partial charge in [-0.1, -0.05) is 11.6 Å². The maximum Gasteiger partial charge on any atom is 0.410 e. The first-order chi connectivity index (χ1) is 30.0. The van der Waals surface area contributed by atoms with Gasteiger partial charge in [-0.25, -0.2) is 18.3 Å². The summed E-state index contributed by atoms with van der Waals surface area (Å²) in [7, 11) is 0. The number of aliphatic hydroxyl groups excluding tert-OH is 1. The molecular formula is C47H64ClF2N7O6. The number of fused-ring (bicyclic) bond motifs is 3. The van der Waals surface area contributed by atoms with Gasteiger partial charge in [0.1, 0.15) is 35.2 Å². The summed E-state index contributed by atoms with van der Waals surface area (Å²) >= 11 is 7.20. The largest absolute Gasteiger partial charge is 0.471 e. The average molecular weight is 897 g/mol. The number of likely N-dealkylation sites (tertiary alicyclic amines) is 1. The molecule has 0 saturated carbocycles. The van der Waals surface area contributed by atoms with Gasteiger partial charge in [-0.2, -0.15) is 15.1 Å².